The minimum absolute atomic E-state index is 0.166. The maximum atomic E-state index is 14.1. The summed E-state index contributed by atoms with van der Waals surface area (Å²) < 4.78 is 14.8. The van der Waals surface area contributed by atoms with Crippen molar-refractivity contribution in [1.29, 1.82) is 0 Å². The van der Waals surface area contributed by atoms with E-state index in [0.717, 1.165) is 5.56 Å². The molecule has 0 aromatic heterocycles. The van der Waals surface area contributed by atoms with E-state index in [0.29, 0.717) is 28.6 Å². The Morgan fingerprint density at radius 1 is 1.07 bits per heavy atom. The molecule has 2 nitrogen and oxygen atoms in total. The van der Waals surface area contributed by atoms with Crippen LogP contribution in [-0.4, -0.2) is 17.4 Å². The van der Waals surface area contributed by atoms with Gasteiger partial charge in [0.2, 0.25) is 0 Å². The zero-order valence-electron chi connectivity index (χ0n) is 16.4. The van der Waals surface area contributed by atoms with E-state index in [1.165, 1.54) is 12.1 Å². The summed E-state index contributed by atoms with van der Waals surface area (Å²) in [6.45, 7) is 4.19. The van der Waals surface area contributed by atoms with Crippen LogP contribution >= 0.6 is 15.9 Å². The van der Waals surface area contributed by atoms with Crippen molar-refractivity contribution in [2.75, 3.05) is 6.54 Å². The summed E-state index contributed by atoms with van der Waals surface area (Å²) in [5, 5.41) is 0. The topological polar surface area (TPSA) is 20.3 Å². The molecule has 30 heavy (non-hydrogen) atoms. The average molecular weight is 462 g/mol. The van der Waals surface area contributed by atoms with Crippen molar-refractivity contribution in [3.63, 3.8) is 0 Å². The Morgan fingerprint density at radius 2 is 1.73 bits per heavy atom. The van der Waals surface area contributed by atoms with Gasteiger partial charge in [0.25, 0.3) is 5.91 Å². The molecular weight excluding hydrogens is 441 g/mol. The van der Waals surface area contributed by atoms with Crippen LogP contribution in [0.1, 0.15) is 33.9 Å². The molecule has 0 aliphatic rings. The van der Waals surface area contributed by atoms with Gasteiger partial charge < -0.3 is 4.90 Å². The fourth-order valence-electron chi connectivity index (χ4n) is 3.05. The Kier molecular flexibility index (Phi) is 7.59. The molecule has 0 aliphatic carbocycles. The van der Waals surface area contributed by atoms with Crippen LogP contribution in [0.25, 0.3) is 0 Å². The summed E-state index contributed by atoms with van der Waals surface area (Å²) in [7, 11) is 0. The molecule has 3 aromatic carbocycles. The van der Waals surface area contributed by atoms with Gasteiger partial charge in [0.15, 0.2) is 0 Å². The SMILES string of the molecule is C=CCCN(C(=O)c1ccccc1)C(C#Cc1ccccc1)c1cc(F)ccc1Br. The van der Waals surface area contributed by atoms with Gasteiger partial charge in [0.1, 0.15) is 11.9 Å². The molecule has 0 saturated heterocycles. The first-order valence-electron chi connectivity index (χ1n) is 9.58. The lowest BCUT2D eigenvalue weighted by atomic mass is 10.0. The molecule has 1 amide bonds. The standard InChI is InChI=1S/C26H21BrFNO/c1-2-3-18-29(26(30)21-12-8-5-9-13-21)25(17-14-20-10-6-4-7-11-20)23-19-22(28)15-16-24(23)27/h2,4-13,15-16,19,25H,1,3,18H2. The monoisotopic (exact) mass is 461 g/mol. The van der Waals surface area contributed by atoms with Gasteiger partial charge in [-0.2, -0.15) is 0 Å². The summed E-state index contributed by atoms with van der Waals surface area (Å²) in [4.78, 5) is 15.1. The number of carbonyl (C=O) groups is 1. The Morgan fingerprint density at radius 3 is 2.40 bits per heavy atom. The molecule has 1 unspecified atom stereocenters. The smallest absolute Gasteiger partial charge is 0.255 e. The van der Waals surface area contributed by atoms with Crippen molar-refractivity contribution in [3.05, 3.63) is 118 Å². The maximum absolute atomic E-state index is 14.1. The summed E-state index contributed by atoms with van der Waals surface area (Å²) in [5.74, 6) is 5.80. The lowest BCUT2D eigenvalue weighted by Gasteiger charge is -2.29. The van der Waals surface area contributed by atoms with Crippen molar-refractivity contribution in [3.8, 4) is 11.8 Å². The normalized spacial score (nSPS) is 11.1. The van der Waals surface area contributed by atoms with Gasteiger partial charge in [-0.25, -0.2) is 4.39 Å². The second kappa shape index (κ2) is 10.6. The Bertz CT molecular complexity index is 1070. The number of hydrogen-bond donors (Lipinski definition) is 0. The summed E-state index contributed by atoms with van der Waals surface area (Å²) >= 11 is 3.51. The highest BCUT2D eigenvalue weighted by molar-refractivity contribution is 9.10. The second-order valence-electron chi connectivity index (χ2n) is 6.65. The zero-order chi connectivity index (χ0) is 21.3. The molecule has 0 bridgehead atoms. The minimum atomic E-state index is -0.636. The number of hydrogen-bond acceptors (Lipinski definition) is 1. The molecule has 3 rings (SSSR count). The Hall–Kier alpha value is -3.16. The Labute approximate surface area is 185 Å². The summed E-state index contributed by atoms with van der Waals surface area (Å²) in [6, 6.07) is 22.4. The molecule has 0 spiro atoms. The van der Waals surface area contributed by atoms with Crippen molar-refractivity contribution >= 4 is 21.8 Å². The van der Waals surface area contributed by atoms with E-state index in [1.807, 2.05) is 48.5 Å². The van der Waals surface area contributed by atoms with Gasteiger partial charge >= 0.3 is 0 Å². The van der Waals surface area contributed by atoms with Crippen molar-refractivity contribution in [1.82, 2.24) is 4.90 Å². The quantitative estimate of drug-likeness (QED) is 0.307. The van der Waals surface area contributed by atoms with Gasteiger partial charge in [-0.15, -0.1) is 6.58 Å². The molecule has 0 saturated carbocycles. The van der Waals surface area contributed by atoms with Crippen LogP contribution in [0, 0.1) is 17.7 Å². The van der Waals surface area contributed by atoms with Crippen LogP contribution in [0.4, 0.5) is 4.39 Å². The molecular formula is C26H21BrFNO. The largest absolute Gasteiger partial charge is 0.320 e. The molecule has 0 aliphatic heterocycles. The second-order valence-corrected chi connectivity index (χ2v) is 7.50. The third kappa shape index (κ3) is 5.46. The molecule has 0 N–H and O–H groups in total. The molecule has 3 aromatic rings. The maximum Gasteiger partial charge on any atom is 0.255 e. The fourth-order valence-corrected chi connectivity index (χ4v) is 3.51. The molecule has 0 fully saturated rings. The van der Waals surface area contributed by atoms with Gasteiger partial charge in [-0.05, 0) is 48.9 Å². The first-order chi connectivity index (χ1) is 14.6. The molecule has 1 atom stereocenters. The number of benzene rings is 3. The zero-order valence-corrected chi connectivity index (χ0v) is 18.0. The highest BCUT2D eigenvalue weighted by Gasteiger charge is 2.26. The van der Waals surface area contributed by atoms with Crippen molar-refractivity contribution in [2.24, 2.45) is 0 Å². The van der Waals surface area contributed by atoms with E-state index in [-0.39, 0.29) is 11.7 Å². The lowest BCUT2D eigenvalue weighted by Crippen LogP contribution is -2.35. The van der Waals surface area contributed by atoms with Crippen molar-refractivity contribution in [2.45, 2.75) is 12.5 Å². The fraction of sp³-hybridized carbons (Fsp3) is 0.115. The molecule has 150 valence electrons. The van der Waals surface area contributed by atoms with E-state index in [9.17, 15) is 9.18 Å². The highest BCUT2D eigenvalue weighted by atomic mass is 79.9. The van der Waals surface area contributed by atoms with Crippen LogP contribution in [0.15, 0.2) is 96.0 Å². The van der Waals surface area contributed by atoms with Crippen LogP contribution in [0.5, 0.6) is 0 Å². The van der Waals surface area contributed by atoms with Gasteiger partial charge in [0.05, 0.1) is 0 Å². The number of carbonyl (C=O) groups excluding carboxylic acids is 1. The lowest BCUT2D eigenvalue weighted by molar-refractivity contribution is 0.0720. The third-order valence-corrected chi connectivity index (χ3v) is 5.27. The predicted octanol–water partition coefficient (Wildman–Crippen LogP) is 6.40. The van der Waals surface area contributed by atoms with Crippen molar-refractivity contribution < 1.29 is 9.18 Å². The van der Waals surface area contributed by atoms with E-state index in [2.05, 4.69) is 34.3 Å². The summed E-state index contributed by atoms with van der Waals surface area (Å²) in [6.07, 6.45) is 2.35. The molecule has 0 heterocycles. The van der Waals surface area contributed by atoms with Crippen LogP contribution in [0.3, 0.4) is 0 Å². The van der Waals surface area contributed by atoms with E-state index in [1.54, 1.807) is 29.2 Å². The molecule has 0 radical (unpaired) electrons. The van der Waals surface area contributed by atoms with Crippen LogP contribution in [0.2, 0.25) is 0 Å². The number of rotatable bonds is 6. The van der Waals surface area contributed by atoms with Gasteiger partial charge in [-0.1, -0.05) is 70.2 Å². The Balaban J connectivity index is 2.11. The van der Waals surface area contributed by atoms with Crippen LogP contribution < -0.4 is 0 Å². The van der Waals surface area contributed by atoms with Crippen LogP contribution in [-0.2, 0) is 0 Å². The van der Waals surface area contributed by atoms with E-state index in [4.69, 9.17) is 0 Å². The molecule has 4 heteroatoms. The van der Waals surface area contributed by atoms with E-state index < -0.39 is 6.04 Å². The first kappa shape index (κ1) is 21.5. The number of amides is 1. The van der Waals surface area contributed by atoms with Gasteiger partial charge in [0, 0.05) is 27.7 Å². The first-order valence-corrected chi connectivity index (χ1v) is 10.4. The average Bonchev–Trinajstić information content (AvgIpc) is 2.79. The predicted molar refractivity (Wildman–Crippen MR) is 122 cm³/mol. The van der Waals surface area contributed by atoms with E-state index >= 15 is 0 Å². The third-order valence-electron chi connectivity index (χ3n) is 4.55. The highest BCUT2D eigenvalue weighted by Crippen LogP contribution is 2.30. The minimum Gasteiger partial charge on any atom is -0.320 e. The number of halogens is 2. The summed E-state index contributed by atoms with van der Waals surface area (Å²) in [5.41, 5.74) is 1.98. The van der Waals surface area contributed by atoms with Gasteiger partial charge in [-0.3, -0.25) is 4.79 Å². The number of nitrogens with zero attached hydrogens (tertiary/aromatic N) is 1.